The molecule has 2 aromatic rings. The SMILES string of the molecule is CCN(C(=O)Cc1ccc(CN)cc1)c1ccncc1. The molecule has 1 amide bonds. The molecular weight excluding hydrogens is 250 g/mol. The predicted molar refractivity (Wildman–Crippen MR) is 80.3 cm³/mol. The third-order valence-electron chi connectivity index (χ3n) is 3.21. The molecule has 104 valence electrons. The number of carbonyl (C=O) groups is 1. The number of likely N-dealkylation sites (N-methyl/N-ethyl adjacent to an activating group) is 1. The number of nitrogens with two attached hydrogens (primary N) is 1. The molecule has 20 heavy (non-hydrogen) atoms. The summed E-state index contributed by atoms with van der Waals surface area (Å²) in [5.41, 5.74) is 8.52. The molecule has 1 aromatic carbocycles. The van der Waals surface area contributed by atoms with Crippen LogP contribution < -0.4 is 10.6 Å². The van der Waals surface area contributed by atoms with E-state index in [0.29, 0.717) is 19.5 Å². The second kappa shape index (κ2) is 6.82. The maximum Gasteiger partial charge on any atom is 0.231 e. The molecule has 0 fully saturated rings. The van der Waals surface area contributed by atoms with E-state index in [1.54, 1.807) is 17.3 Å². The van der Waals surface area contributed by atoms with Crippen LogP contribution in [0.3, 0.4) is 0 Å². The van der Waals surface area contributed by atoms with Gasteiger partial charge in [0, 0.05) is 31.2 Å². The first-order chi connectivity index (χ1) is 9.74. The van der Waals surface area contributed by atoms with Gasteiger partial charge in [0.1, 0.15) is 0 Å². The summed E-state index contributed by atoms with van der Waals surface area (Å²) < 4.78 is 0. The fourth-order valence-corrected chi connectivity index (χ4v) is 2.09. The number of hydrogen-bond donors (Lipinski definition) is 1. The van der Waals surface area contributed by atoms with Gasteiger partial charge in [-0.1, -0.05) is 24.3 Å². The Morgan fingerprint density at radius 3 is 2.25 bits per heavy atom. The lowest BCUT2D eigenvalue weighted by atomic mass is 10.1. The van der Waals surface area contributed by atoms with Crippen molar-refractivity contribution in [1.29, 1.82) is 0 Å². The van der Waals surface area contributed by atoms with Gasteiger partial charge in [-0.2, -0.15) is 0 Å². The first-order valence-electron chi connectivity index (χ1n) is 6.73. The monoisotopic (exact) mass is 269 g/mol. The number of rotatable bonds is 5. The molecule has 0 aliphatic carbocycles. The fraction of sp³-hybridized carbons (Fsp3) is 0.250. The lowest BCUT2D eigenvalue weighted by Crippen LogP contribution is -2.31. The summed E-state index contributed by atoms with van der Waals surface area (Å²) in [6.45, 7) is 3.13. The molecule has 2 rings (SSSR count). The number of pyridine rings is 1. The maximum atomic E-state index is 12.4. The zero-order valence-corrected chi connectivity index (χ0v) is 11.6. The zero-order chi connectivity index (χ0) is 14.4. The quantitative estimate of drug-likeness (QED) is 0.904. The third-order valence-corrected chi connectivity index (χ3v) is 3.21. The molecule has 0 aliphatic rings. The smallest absolute Gasteiger partial charge is 0.231 e. The van der Waals surface area contributed by atoms with Crippen LogP contribution in [0, 0.1) is 0 Å². The average Bonchev–Trinajstić information content (AvgIpc) is 2.50. The van der Waals surface area contributed by atoms with Gasteiger partial charge < -0.3 is 10.6 Å². The van der Waals surface area contributed by atoms with E-state index in [1.807, 2.05) is 43.3 Å². The van der Waals surface area contributed by atoms with Crippen LogP contribution in [0.1, 0.15) is 18.1 Å². The Kier molecular flexibility index (Phi) is 4.85. The van der Waals surface area contributed by atoms with Crippen molar-refractivity contribution in [2.24, 2.45) is 5.73 Å². The number of carbonyl (C=O) groups excluding carboxylic acids is 1. The summed E-state index contributed by atoms with van der Waals surface area (Å²) in [7, 11) is 0. The van der Waals surface area contributed by atoms with E-state index in [0.717, 1.165) is 16.8 Å². The maximum absolute atomic E-state index is 12.4. The summed E-state index contributed by atoms with van der Waals surface area (Å²) in [4.78, 5) is 18.1. The van der Waals surface area contributed by atoms with E-state index < -0.39 is 0 Å². The molecule has 4 nitrogen and oxygen atoms in total. The van der Waals surface area contributed by atoms with Gasteiger partial charge in [-0.25, -0.2) is 0 Å². The summed E-state index contributed by atoms with van der Waals surface area (Å²) in [5.74, 6) is 0.0826. The Bertz CT molecular complexity index is 552. The van der Waals surface area contributed by atoms with Crippen LogP contribution in [0.25, 0.3) is 0 Å². The second-order valence-corrected chi connectivity index (χ2v) is 4.54. The van der Waals surface area contributed by atoms with Crippen molar-refractivity contribution >= 4 is 11.6 Å². The molecule has 0 bridgehead atoms. The average molecular weight is 269 g/mol. The van der Waals surface area contributed by atoms with Gasteiger partial charge in [-0.3, -0.25) is 9.78 Å². The van der Waals surface area contributed by atoms with Gasteiger partial charge in [0.15, 0.2) is 0 Å². The minimum atomic E-state index is 0.0826. The van der Waals surface area contributed by atoms with Crippen molar-refractivity contribution in [2.75, 3.05) is 11.4 Å². The van der Waals surface area contributed by atoms with E-state index >= 15 is 0 Å². The van der Waals surface area contributed by atoms with Crippen LogP contribution in [0.15, 0.2) is 48.8 Å². The molecule has 2 N–H and O–H groups in total. The first kappa shape index (κ1) is 14.2. The highest BCUT2D eigenvalue weighted by Crippen LogP contribution is 2.14. The Labute approximate surface area is 119 Å². The molecule has 0 saturated heterocycles. The van der Waals surface area contributed by atoms with E-state index in [1.165, 1.54) is 0 Å². The third kappa shape index (κ3) is 3.42. The predicted octanol–water partition coefficient (Wildman–Crippen LogP) is 2.14. The lowest BCUT2D eigenvalue weighted by Gasteiger charge is -2.20. The van der Waals surface area contributed by atoms with Gasteiger partial charge in [0.25, 0.3) is 0 Å². The number of nitrogens with zero attached hydrogens (tertiary/aromatic N) is 2. The normalized spacial score (nSPS) is 10.3. The molecule has 4 heteroatoms. The van der Waals surface area contributed by atoms with E-state index in [2.05, 4.69) is 4.98 Å². The van der Waals surface area contributed by atoms with Crippen LogP contribution in [0.5, 0.6) is 0 Å². The Morgan fingerprint density at radius 1 is 1.10 bits per heavy atom. The zero-order valence-electron chi connectivity index (χ0n) is 11.6. The topological polar surface area (TPSA) is 59.2 Å². The first-order valence-corrected chi connectivity index (χ1v) is 6.73. The van der Waals surface area contributed by atoms with Gasteiger partial charge >= 0.3 is 0 Å². The summed E-state index contributed by atoms with van der Waals surface area (Å²) in [6.07, 6.45) is 3.78. The molecule has 0 aliphatic heterocycles. The highest BCUT2D eigenvalue weighted by molar-refractivity contribution is 5.94. The van der Waals surface area contributed by atoms with Gasteiger partial charge in [0.05, 0.1) is 6.42 Å². The Balaban J connectivity index is 2.09. The van der Waals surface area contributed by atoms with Crippen molar-refractivity contribution in [3.05, 3.63) is 59.9 Å². The fourth-order valence-electron chi connectivity index (χ4n) is 2.09. The molecule has 0 radical (unpaired) electrons. The molecule has 0 spiro atoms. The van der Waals surface area contributed by atoms with Gasteiger partial charge in [-0.15, -0.1) is 0 Å². The number of hydrogen-bond acceptors (Lipinski definition) is 3. The highest BCUT2D eigenvalue weighted by atomic mass is 16.2. The van der Waals surface area contributed by atoms with E-state index in [9.17, 15) is 4.79 Å². The van der Waals surface area contributed by atoms with Crippen LogP contribution in [0.4, 0.5) is 5.69 Å². The summed E-state index contributed by atoms with van der Waals surface area (Å²) in [5, 5.41) is 0. The van der Waals surface area contributed by atoms with Crippen molar-refractivity contribution in [3.63, 3.8) is 0 Å². The largest absolute Gasteiger partial charge is 0.326 e. The van der Waals surface area contributed by atoms with Crippen LogP contribution in [-0.4, -0.2) is 17.4 Å². The number of anilines is 1. The molecule has 0 atom stereocenters. The van der Waals surface area contributed by atoms with Gasteiger partial charge in [-0.05, 0) is 30.2 Å². The van der Waals surface area contributed by atoms with Crippen molar-refractivity contribution < 1.29 is 4.79 Å². The molecule has 1 heterocycles. The summed E-state index contributed by atoms with van der Waals surface area (Å²) in [6, 6.07) is 11.5. The van der Waals surface area contributed by atoms with Crippen molar-refractivity contribution in [1.82, 2.24) is 4.98 Å². The number of amides is 1. The minimum Gasteiger partial charge on any atom is -0.326 e. The summed E-state index contributed by atoms with van der Waals surface area (Å²) >= 11 is 0. The number of benzene rings is 1. The van der Waals surface area contributed by atoms with Crippen LogP contribution in [-0.2, 0) is 17.8 Å². The minimum absolute atomic E-state index is 0.0826. The van der Waals surface area contributed by atoms with E-state index in [4.69, 9.17) is 5.73 Å². The Hall–Kier alpha value is -2.20. The lowest BCUT2D eigenvalue weighted by molar-refractivity contribution is -0.117. The standard InChI is InChI=1S/C16H19N3O/c1-2-19(15-7-9-18-10-8-15)16(20)11-13-3-5-14(12-17)6-4-13/h3-10H,2,11-12,17H2,1H3. The Morgan fingerprint density at radius 2 is 1.70 bits per heavy atom. The van der Waals surface area contributed by atoms with Crippen LogP contribution in [0.2, 0.25) is 0 Å². The van der Waals surface area contributed by atoms with Crippen molar-refractivity contribution in [2.45, 2.75) is 19.9 Å². The molecule has 1 aromatic heterocycles. The van der Waals surface area contributed by atoms with Crippen molar-refractivity contribution in [3.8, 4) is 0 Å². The van der Waals surface area contributed by atoms with Crippen LogP contribution >= 0.6 is 0 Å². The highest BCUT2D eigenvalue weighted by Gasteiger charge is 2.14. The second-order valence-electron chi connectivity index (χ2n) is 4.54. The number of aromatic nitrogens is 1. The molecular formula is C16H19N3O. The molecule has 0 saturated carbocycles. The molecule has 0 unspecified atom stereocenters. The van der Waals surface area contributed by atoms with Gasteiger partial charge in [0.2, 0.25) is 5.91 Å². The van der Waals surface area contributed by atoms with E-state index in [-0.39, 0.29) is 5.91 Å².